The van der Waals surface area contributed by atoms with Crippen LogP contribution in [0.2, 0.25) is 0 Å². The van der Waals surface area contributed by atoms with Crippen LogP contribution < -0.4 is 14.2 Å². The zero-order valence-electron chi connectivity index (χ0n) is 17.8. The summed E-state index contributed by atoms with van der Waals surface area (Å²) in [7, 11) is 0. The Kier molecular flexibility index (Phi) is 9.64. The predicted octanol–water partition coefficient (Wildman–Crippen LogP) is 7.39. The molecular formula is C26H32O3. The van der Waals surface area contributed by atoms with Gasteiger partial charge in [0.1, 0.15) is 17.3 Å². The normalized spacial score (nSPS) is 11.5. The highest BCUT2D eigenvalue weighted by molar-refractivity contribution is 5.41. The van der Waals surface area contributed by atoms with Crippen molar-refractivity contribution in [1.82, 2.24) is 0 Å². The van der Waals surface area contributed by atoms with Gasteiger partial charge in [-0.3, -0.25) is 0 Å². The summed E-state index contributed by atoms with van der Waals surface area (Å²) >= 11 is 0. The Bertz CT molecular complexity index is 833. The Morgan fingerprint density at radius 2 is 1.59 bits per heavy atom. The Balaban J connectivity index is 1.87. The lowest BCUT2D eigenvalue weighted by Gasteiger charge is -2.12. The summed E-state index contributed by atoms with van der Waals surface area (Å²) in [6, 6.07) is 15.6. The monoisotopic (exact) mass is 392 g/mol. The maximum atomic E-state index is 5.88. The fourth-order valence-electron chi connectivity index (χ4n) is 2.71. The van der Waals surface area contributed by atoms with Crippen molar-refractivity contribution in [3.8, 4) is 17.2 Å². The molecule has 2 aromatic carbocycles. The summed E-state index contributed by atoms with van der Waals surface area (Å²) in [5.41, 5.74) is 1.10. The third-order valence-corrected chi connectivity index (χ3v) is 4.32. The Morgan fingerprint density at radius 1 is 0.897 bits per heavy atom. The van der Waals surface area contributed by atoms with Crippen molar-refractivity contribution in [3.05, 3.63) is 90.4 Å². The highest BCUT2D eigenvalue weighted by Gasteiger charge is 2.05. The van der Waals surface area contributed by atoms with E-state index in [1.54, 1.807) is 0 Å². The molecule has 0 N–H and O–H groups in total. The van der Waals surface area contributed by atoms with E-state index in [9.17, 15) is 0 Å². The Hall–Kier alpha value is -2.94. The molecule has 0 radical (unpaired) electrons. The maximum absolute atomic E-state index is 5.88. The fourth-order valence-corrected chi connectivity index (χ4v) is 2.71. The highest BCUT2D eigenvalue weighted by atomic mass is 16.5. The largest absolute Gasteiger partial charge is 0.490 e. The molecule has 0 heterocycles. The number of benzene rings is 2. The van der Waals surface area contributed by atoms with Gasteiger partial charge >= 0.3 is 0 Å². The molecule has 0 saturated heterocycles. The first kappa shape index (κ1) is 22.4. The smallest absolute Gasteiger partial charge is 0.169 e. The average Bonchev–Trinajstić information content (AvgIpc) is 2.71. The summed E-state index contributed by atoms with van der Waals surface area (Å²) in [5.74, 6) is 3.60. The Labute approximate surface area is 175 Å². The van der Waals surface area contributed by atoms with Gasteiger partial charge in [-0.15, -0.1) is 0 Å². The van der Waals surface area contributed by atoms with E-state index in [1.807, 2.05) is 80.6 Å². The summed E-state index contributed by atoms with van der Waals surface area (Å²) < 4.78 is 17.6. The van der Waals surface area contributed by atoms with E-state index in [-0.39, 0.29) is 0 Å². The number of hydrogen-bond acceptors (Lipinski definition) is 3. The first-order valence-corrected chi connectivity index (χ1v) is 10.3. The van der Waals surface area contributed by atoms with Gasteiger partial charge in [0.15, 0.2) is 11.5 Å². The van der Waals surface area contributed by atoms with Crippen LogP contribution in [-0.2, 0) is 0 Å². The zero-order valence-corrected chi connectivity index (χ0v) is 17.8. The van der Waals surface area contributed by atoms with E-state index >= 15 is 0 Å². The molecule has 0 saturated carbocycles. The van der Waals surface area contributed by atoms with Gasteiger partial charge in [0, 0.05) is 0 Å². The van der Waals surface area contributed by atoms with Gasteiger partial charge in [-0.2, -0.15) is 0 Å². The van der Waals surface area contributed by atoms with Crippen LogP contribution in [0.25, 0.3) is 0 Å². The van der Waals surface area contributed by atoms with Crippen LogP contribution in [-0.4, -0.2) is 6.61 Å². The molecule has 0 aliphatic carbocycles. The number of ether oxygens (including phenoxy) is 3. The van der Waals surface area contributed by atoms with Gasteiger partial charge in [0.05, 0.1) is 6.61 Å². The third kappa shape index (κ3) is 8.30. The topological polar surface area (TPSA) is 27.7 Å². The quantitative estimate of drug-likeness (QED) is 0.214. The van der Waals surface area contributed by atoms with E-state index in [4.69, 9.17) is 14.2 Å². The van der Waals surface area contributed by atoms with Gasteiger partial charge < -0.3 is 14.2 Å². The molecule has 0 aliphatic heterocycles. The van der Waals surface area contributed by atoms with E-state index in [0.29, 0.717) is 18.1 Å². The van der Waals surface area contributed by atoms with Crippen LogP contribution in [0.3, 0.4) is 0 Å². The van der Waals surface area contributed by atoms with Gasteiger partial charge in [-0.05, 0) is 56.2 Å². The molecule has 0 atom stereocenters. The summed E-state index contributed by atoms with van der Waals surface area (Å²) in [4.78, 5) is 0. The number of rotatable bonds is 12. The van der Waals surface area contributed by atoms with Crippen LogP contribution in [0.15, 0.2) is 84.9 Å². The van der Waals surface area contributed by atoms with E-state index < -0.39 is 0 Å². The minimum Gasteiger partial charge on any atom is -0.490 e. The van der Waals surface area contributed by atoms with Crippen molar-refractivity contribution < 1.29 is 14.2 Å². The first-order chi connectivity index (χ1) is 14.1. The summed E-state index contributed by atoms with van der Waals surface area (Å²) in [6.45, 7) is 10.8. The van der Waals surface area contributed by atoms with E-state index in [2.05, 4.69) is 13.5 Å². The second kappa shape index (κ2) is 12.5. The van der Waals surface area contributed by atoms with Crippen LogP contribution in [0, 0.1) is 6.92 Å². The molecule has 2 aromatic rings. The fraction of sp³-hybridized carbons (Fsp3) is 0.308. The van der Waals surface area contributed by atoms with Gasteiger partial charge in [-0.25, -0.2) is 0 Å². The molecule has 0 spiro atoms. The molecule has 3 nitrogen and oxygen atoms in total. The van der Waals surface area contributed by atoms with Crippen molar-refractivity contribution in [2.75, 3.05) is 6.61 Å². The third-order valence-electron chi connectivity index (χ3n) is 4.32. The van der Waals surface area contributed by atoms with E-state index in [0.717, 1.165) is 29.2 Å². The standard InChI is InChI=1S/C26H32O3/c1-5-6-7-12-20-27-25-18-10-11-19-26(25)29-23(4)16-13-15-22(3)28-24-17-9-8-14-21(24)2/h8-11,13-19H,4-7,12,20H2,1-3H3/b16-13+,22-15+. The maximum Gasteiger partial charge on any atom is 0.169 e. The summed E-state index contributed by atoms with van der Waals surface area (Å²) in [6.07, 6.45) is 10.3. The molecule has 0 fully saturated rings. The average molecular weight is 393 g/mol. The molecule has 0 amide bonds. The minimum atomic E-state index is 0.534. The first-order valence-electron chi connectivity index (χ1n) is 10.3. The SMILES string of the molecule is C=C(/C=C/C=C(\C)Oc1ccccc1C)Oc1ccccc1OCCCCCC. The van der Waals surface area contributed by atoms with Crippen LogP contribution in [0.1, 0.15) is 45.1 Å². The minimum absolute atomic E-state index is 0.534. The lowest BCUT2D eigenvalue weighted by atomic mass is 10.2. The Morgan fingerprint density at radius 3 is 2.31 bits per heavy atom. The van der Waals surface area contributed by atoms with Crippen LogP contribution >= 0.6 is 0 Å². The number of unbranched alkanes of at least 4 members (excludes halogenated alkanes) is 3. The summed E-state index contributed by atoms with van der Waals surface area (Å²) in [5, 5.41) is 0. The number of aryl methyl sites for hydroxylation is 1. The van der Waals surface area contributed by atoms with Crippen molar-refractivity contribution in [2.24, 2.45) is 0 Å². The molecule has 0 aliphatic rings. The highest BCUT2D eigenvalue weighted by Crippen LogP contribution is 2.28. The molecule has 0 bridgehead atoms. The second-order valence-corrected chi connectivity index (χ2v) is 6.93. The molecular weight excluding hydrogens is 360 g/mol. The number of hydrogen-bond donors (Lipinski definition) is 0. The number of para-hydroxylation sites is 3. The molecule has 29 heavy (non-hydrogen) atoms. The van der Waals surface area contributed by atoms with Crippen molar-refractivity contribution in [3.63, 3.8) is 0 Å². The molecule has 0 unspecified atom stereocenters. The molecule has 0 aromatic heterocycles. The van der Waals surface area contributed by atoms with Gasteiger partial charge in [0.2, 0.25) is 0 Å². The predicted molar refractivity (Wildman–Crippen MR) is 121 cm³/mol. The zero-order chi connectivity index (χ0) is 20.9. The van der Waals surface area contributed by atoms with Crippen molar-refractivity contribution in [1.29, 1.82) is 0 Å². The van der Waals surface area contributed by atoms with Gasteiger partial charge in [0.25, 0.3) is 0 Å². The molecule has 2 rings (SSSR count). The lowest BCUT2D eigenvalue weighted by molar-refractivity contribution is 0.289. The molecule has 3 heteroatoms. The van der Waals surface area contributed by atoms with Gasteiger partial charge in [-0.1, -0.05) is 69.2 Å². The van der Waals surface area contributed by atoms with Crippen LogP contribution in [0.4, 0.5) is 0 Å². The second-order valence-electron chi connectivity index (χ2n) is 6.93. The van der Waals surface area contributed by atoms with E-state index in [1.165, 1.54) is 19.3 Å². The van der Waals surface area contributed by atoms with Crippen LogP contribution in [0.5, 0.6) is 17.2 Å². The molecule has 154 valence electrons. The van der Waals surface area contributed by atoms with Crippen molar-refractivity contribution >= 4 is 0 Å². The lowest BCUT2D eigenvalue weighted by Crippen LogP contribution is -2.00. The van der Waals surface area contributed by atoms with Crippen molar-refractivity contribution in [2.45, 2.75) is 46.5 Å². The number of allylic oxidation sites excluding steroid dienone is 4.